The van der Waals surface area contributed by atoms with Crippen LogP contribution in [0.5, 0.6) is 5.75 Å². The number of carbonyl (C=O) groups is 1. The lowest BCUT2D eigenvalue weighted by molar-refractivity contribution is -0.115. The summed E-state index contributed by atoms with van der Waals surface area (Å²) in [5.41, 5.74) is 7.71. The van der Waals surface area contributed by atoms with Crippen LogP contribution >= 0.6 is 0 Å². The third-order valence-corrected chi connectivity index (χ3v) is 5.25. The van der Waals surface area contributed by atoms with Crippen LogP contribution in [0, 0.1) is 20.8 Å². The van der Waals surface area contributed by atoms with E-state index in [1.165, 1.54) is 5.56 Å². The highest BCUT2D eigenvalue weighted by molar-refractivity contribution is 5.93. The first-order valence-corrected chi connectivity index (χ1v) is 9.92. The summed E-state index contributed by atoms with van der Waals surface area (Å²) in [5.74, 6) is 0.774. The number of pyridine rings is 1. The van der Waals surface area contributed by atoms with E-state index < -0.39 is 0 Å². The van der Waals surface area contributed by atoms with Crippen LogP contribution in [0.25, 0.3) is 16.9 Å². The van der Waals surface area contributed by atoms with E-state index in [1.54, 1.807) is 7.11 Å². The minimum Gasteiger partial charge on any atom is -0.496 e. The number of fused-ring (bicyclic) bond motifs is 1. The van der Waals surface area contributed by atoms with E-state index >= 15 is 0 Å². The van der Waals surface area contributed by atoms with E-state index in [4.69, 9.17) is 9.72 Å². The Morgan fingerprint density at radius 1 is 1.03 bits per heavy atom. The van der Waals surface area contributed by atoms with Crippen molar-refractivity contribution in [3.8, 4) is 17.0 Å². The molecule has 5 nitrogen and oxygen atoms in total. The predicted molar refractivity (Wildman–Crippen MR) is 120 cm³/mol. The average Bonchev–Trinajstić information content (AvgIpc) is 3.13. The van der Waals surface area contributed by atoms with Crippen molar-refractivity contribution < 1.29 is 9.53 Å². The third-order valence-electron chi connectivity index (χ3n) is 5.25. The molecule has 0 aliphatic carbocycles. The number of benzene rings is 2. The van der Waals surface area contributed by atoms with E-state index in [0.717, 1.165) is 45.0 Å². The molecule has 0 saturated heterocycles. The number of nitrogens with zero attached hydrogens (tertiary/aromatic N) is 2. The molecule has 0 aliphatic rings. The van der Waals surface area contributed by atoms with Gasteiger partial charge >= 0.3 is 0 Å². The largest absolute Gasteiger partial charge is 0.496 e. The molecule has 0 fully saturated rings. The number of ether oxygens (including phenoxy) is 1. The maximum atomic E-state index is 12.7. The Bertz CT molecular complexity index is 1240. The Hall–Kier alpha value is -3.60. The van der Waals surface area contributed by atoms with Crippen LogP contribution in [0.2, 0.25) is 0 Å². The number of anilines is 1. The van der Waals surface area contributed by atoms with E-state index in [0.29, 0.717) is 6.42 Å². The normalized spacial score (nSPS) is 10.9. The molecule has 2 heterocycles. The molecular weight excluding hydrogens is 374 g/mol. The Kier molecular flexibility index (Phi) is 5.27. The molecule has 5 heteroatoms. The summed E-state index contributed by atoms with van der Waals surface area (Å²) < 4.78 is 7.30. The number of amides is 1. The molecule has 152 valence electrons. The fraction of sp³-hybridized carbons (Fsp3) is 0.200. The van der Waals surface area contributed by atoms with Crippen molar-refractivity contribution in [2.45, 2.75) is 27.2 Å². The zero-order valence-electron chi connectivity index (χ0n) is 17.7. The molecule has 30 heavy (non-hydrogen) atoms. The van der Waals surface area contributed by atoms with Crippen LogP contribution in [-0.2, 0) is 11.2 Å². The Morgan fingerprint density at radius 3 is 2.63 bits per heavy atom. The predicted octanol–water partition coefficient (Wildman–Crippen LogP) is 5.12. The lowest BCUT2D eigenvalue weighted by Crippen LogP contribution is -2.15. The molecule has 4 rings (SSSR count). The van der Waals surface area contributed by atoms with E-state index in [9.17, 15) is 4.79 Å². The van der Waals surface area contributed by atoms with Gasteiger partial charge in [-0.3, -0.25) is 4.79 Å². The number of aryl methyl sites for hydroxylation is 3. The lowest BCUT2D eigenvalue weighted by atomic mass is 10.1. The molecule has 0 radical (unpaired) electrons. The van der Waals surface area contributed by atoms with Crippen LogP contribution in [0.15, 0.2) is 60.9 Å². The van der Waals surface area contributed by atoms with E-state index in [-0.39, 0.29) is 5.91 Å². The van der Waals surface area contributed by atoms with Gasteiger partial charge in [0.25, 0.3) is 0 Å². The van der Waals surface area contributed by atoms with Gasteiger partial charge in [-0.2, -0.15) is 0 Å². The van der Waals surface area contributed by atoms with Crippen LogP contribution in [0.1, 0.15) is 22.3 Å². The van der Waals surface area contributed by atoms with Crippen molar-refractivity contribution in [1.29, 1.82) is 0 Å². The summed E-state index contributed by atoms with van der Waals surface area (Å²) in [5, 5.41) is 3.06. The summed E-state index contributed by atoms with van der Waals surface area (Å²) in [6.07, 6.45) is 4.32. The van der Waals surface area contributed by atoms with Gasteiger partial charge in [0.1, 0.15) is 11.4 Å². The lowest BCUT2D eigenvalue weighted by Gasteiger charge is -2.11. The standard InChI is InChI=1S/C25H25N3O2/c1-16-9-10-28-15-22(26-24(28)11-16)20-7-5-17(2)21(14-20)27-25(29)13-19-6-8-23(30-4)18(3)12-19/h5-12,14-15H,13H2,1-4H3,(H,27,29). The topological polar surface area (TPSA) is 55.6 Å². The van der Waals surface area contributed by atoms with Crippen molar-refractivity contribution in [3.63, 3.8) is 0 Å². The number of rotatable bonds is 5. The maximum Gasteiger partial charge on any atom is 0.228 e. The van der Waals surface area contributed by atoms with Crippen molar-refractivity contribution in [1.82, 2.24) is 9.38 Å². The summed E-state index contributed by atoms with van der Waals surface area (Å²) in [4.78, 5) is 17.4. The number of nitrogens with one attached hydrogen (secondary N) is 1. The Labute approximate surface area is 176 Å². The van der Waals surface area contributed by atoms with Gasteiger partial charge in [-0.25, -0.2) is 4.98 Å². The molecule has 2 aromatic heterocycles. The molecule has 4 aromatic rings. The second-order valence-electron chi connectivity index (χ2n) is 7.65. The molecule has 0 saturated carbocycles. The van der Waals surface area contributed by atoms with Gasteiger partial charge in [0.05, 0.1) is 19.2 Å². The number of hydrogen-bond donors (Lipinski definition) is 1. The smallest absolute Gasteiger partial charge is 0.228 e. The molecule has 0 unspecified atom stereocenters. The van der Waals surface area contributed by atoms with Gasteiger partial charge in [-0.15, -0.1) is 0 Å². The van der Waals surface area contributed by atoms with Gasteiger partial charge < -0.3 is 14.5 Å². The fourth-order valence-electron chi connectivity index (χ4n) is 3.57. The molecular formula is C25H25N3O2. The Morgan fingerprint density at radius 2 is 1.87 bits per heavy atom. The van der Waals surface area contributed by atoms with Crippen LogP contribution in [-0.4, -0.2) is 22.4 Å². The first kappa shape index (κ1) is 19.7. The number of methoxy groups -OCH3 is 1. The van der Waals surface area contributed by atoms with Gasteiger partial charge in [-0.05, 0) is 67.3 Å². The van der Waals surface area contributed by atoms with Gasteiger partial charge in [0.15, 0.2) is 0 Å². The van der Waals surface area contributed by atoms with Crippen LogP contribution in [0.3, 0.4) is 0 Å². The zero-order valence-corrected chi connectivity index (χ0v) is 17.7. The molecule has 0 spiro atoms. The number of hydrogen-bond acceptors (Lipinski definition) is 3. The average molecular weight is 399 g/mol. The minimum atomic E-state index is -0.0505. The van der Waals surface area contributed by atoms with Crippen molar-refractivity contribution in [2.24, 2.45) is 0 Å². The van der Waals surface area contributed by atoms with Gasteiger partial charge in [-0.1, -0.05) is 24.3 Å². The monoisotopic (exact) mass is 399 g/mol. The van der Waals surface area contributed by atoms with Crippen LogP contribution < -0.4 is 10.1 Å². The summed E-state index contributed by atoms with van der Waals surface area (Å²) in [6, 6.07) is 15.9. The maximum absolute atomic E-state index is 12.7. The number of carbonyl (C=O) groups excluding carboxylic acids is 1. The van der Waals surface area contributed by atoms with Gasteiger partial charge in [0.2, 0.25) is 5.91 Å². The van der Waals surface area contributed by atoms with E-state index in [1.807, 2.05) is 67.0 Å². The quantitative estimate of drug-likeness (QED) is 0.507. The molecule has 2 aromatic carbocycles. The molecule has 0 atom stereocenters. The first-order chi connectivity index (χ1) is 14.4. The SMILES string of the molecule is COc1ccc(CC(=O)Nc2cc(-c3cn4ccc(C)cc4n3)ccc2C)cc1C. The molecule has 0 aliphatic heterocycles. The van der Waals surface area contributed by atoms with E-state index in [2.05, 4.69) is 24.4 Å². The third kappa shape index (κ3) is 4.06. The highest BCUT2D eigenvalue weighted by atomic mass is 16.5. The first-order valence-electron chi connectivity index (χ1n) is 9.92. The Balaban J connectivity index is 1.55. The van der Waals surface area contributed by atoms with Crippen LogP contribution in [0.4, 0.5) is 5.69 Å². The minimum absolute atomic E-state index is 0.0505. The zero-order chi connectivity index (χ0) is 21.3. The summed E-state index contributed by atoms with van der Waals surface area (Å²) in [6.45, 7) is 6.02. The molecule has 0 bridgehead atoms. The highest BCUT2D eigenvalue weighted by Gasteiger charge is 2.11. The fourth-order valence-corrected chi connectivity index (χ4v) is 3.57. The van der Waals surface area contributed by atoms with Crippen molar-refractivity contribution in [3.05, 3.63) is 83.2 Å². The second-order valence-corrected chi connectivity index (χ2v) is 7.65. The highest BCUT2D eigenvalue weighted by Crippen LogP contribution is 2.26. The molecule has 1 N–H and O–H groups in total. The summed E-state index contributed by atoms with van der Waals surface area (Å²) in [7, 11) is 1.65. The second kappa shape index (κ2) is 8.03. The molecule has 1 amide bonds. The van der Waals surface area contributed by atoms with Crippen molar-refractivity contribution >= 4 is 17.2 Å². The van der Waals surface area contributed by atoms with Crippen molar-refractivity contribution in [2.75, 3.05) is 12.4 Å². The van der Waals surface area contributed by atoms with Gasteiger partial charge in [0, 0.05) is 23.6 Å². The number of aromatic nitrogens is 2. The summed E-state index contributed by atoms with van der Waals surface area (Å²) >= 11 is 0. The number of imidazole rings is 1.